The zero-order valence-corrected chi connectivity index (χ0v) is 12.1. The largest absolute Gasteiger partial charge is 0.289 e. The molecule has 0 amide bonds. The smallest absolute Gasteiger partial charge is 0.207 e. The second-order valence-electron chi connectivity index (χ2n) is 3.37. The maximum atomic E-state index is 12.7. The monoisotopic (exact) mass is 306 g/mol. The van der Waals surface area contributed by atoms with Crippen LogP contribution in [0.25, 0.3) is 0 Å². The number of thioether (sulfide) groups is 2. The zero-order valence-electron chi connectivity index (χ0n) is 10.5. The van der Waals surface area contributed by atoms with E-state index < -0.39 is 0 Å². The van der Waals surface area contributed by atoms with E-state index in [9.17, 15) is 9.18 Å². The van der Waals surface area contributed by atoms with Gasteiger partial charge in [0.25, 0.3) is 0 Å². The van der Waals surface area contributed by atoms with Crippen molar-refractivity contribution >= 4 is 33.7 Å². The first-order chi connectivity index (χ1) is 9.67. The highest BCUT2D eigenvalue weighted by Crippen LogP contribution is 2.18. The number of ketones is 1. The number of halogens is 1. The molecule has 0 fully saturated rings. The van der Waals surface area contributed by atoms with Gasteiger partial charge < -0.3 is 0 Å². The van der Waals surface area contributed by atoms with Gasteiger partial charge >= 0.3 is 0 Å². The molecule has 20 heavy (non-hydrogen) atoms. The average molecular weight is 306 g/mol. The molecule has 0 aliphatic carbocycles. The summed E-state index contributed by atoms with van der Waals surface area (Å²) >= 11 is 2.54. The summed E-state index contributed by atoms with van der Waals surface area (Å²) in [6.07, 6.45) is 4.76. The number of allylic oxidation sites excluding steroid dienone is 1. The van der Waals surface area contributed by atoms with Crippen molar-refractivity contribution in [3.63, 3.8) is 0 Å². The van der Waals surface area contributed by atoms with Gasteiger partial charge in [-0.1, -0.05) is 29.6 Å². The summed E-state index contributed by atoms with van der Waals surface area (Å²) < 4.78 is 13.3. The van der Waals surface area contributed by atoms with Crippen molar-refractivity contribution in [1.82, 2.24) is 0 Å². The third-order valence-electron chi connectivity index (χ3n) is 1.98. The molecule has 0 unspecified atom stereocenters. The highest BCUT2D eigenvalue weighted by molar-refractivity contribution is 8.40. The van der Waals surface area contributed by atoms with E-state index in [2.05, 4.69) is 11.6 Å². The van der Waals surface area contributed by atoms with Gasteiger partial charge in [-0.2, -0.15) is 10.3 Å². The number of hydrogen-bond acceptors (Lipinski definition) is 5. The Bertz CT molecular complexity index is 574. The number of nitrogens with zero attached hydrogens (tertiary/aromatic N) is 2. The van der Waals surface area contributed by atoms with Gasteiger partial charge in [0.05, 0.1) is 0 Å². The molecular weight excluding hydrogens is 295 g/mol. The molecule has 1 aromatic rings. The lowest BCUT2D eigenvalue weighted by molar-refractivity contribution is 0.104. The van der Waals surface area contributed by atoms with E-state index in [0.717, 1.165) is 0 Å². The Morgan fingerprint density at radius 1 is 1.45 bits per heavy atom. The van der Waals surface area contributed by atoms with Crippen LogP contribution in [0.5, 0.6) is 0 Å². The van der Waals surface area contributed by atoms with E-state index in [1.54, 1.807) is 17.7 Å². The lowest BCUT2D eigenvalue weighted by Gasteiger charge is -1.97. The molecule has 0 aliphatic heterocycles. The lowest BCUT2D eigenvalue weighted by atomic mass is 10.1. The van der Waals surface area contributed by atoms with E-state index in [1.807, 2.05) is 0 Å². The van der Waals surface area contributed by atoms with Gasteiger partial charge in [-0.05, 0) is 35.7 Å². The molecule has 0 radical (unpaired) electrons. The number of aliphatic imine (C=N–C) groups is 1. The number of carbonyl (C=O) groups excluding carboxylic acids is 1. The highest BCUT2D eigenvalue weighted by atomic mass is 32.2. The summed E-state index contributed by atoms with van der Waals surface area (Å²) in [6, 6.07) is 5.31. The molecule has 0 N–H and O–H groups in total. The van der Waals surface area contributed by atoms with Gasteiger partial charge in [-0.25, -0.2) is 4.39 Å². The number of rotatable bonds is 5. The average Bonchev–Trinajstić information content (AvgIpc) is 2.45. The fourth-order valence-electron chi connectivity index (χ4n) is 1.13. The van der Waals surface area contributed by atoms with Crippen LogP contribution in [0, 0.1) is 17.3 Å². The van der Waals surface area contributed by atoms with Gasteiger partial charge in [-0.15, -0.1) is 6.58 Å². The fourth-order valence-corrected chi connectivity index (χ4v) is 2.54. The maximum absolute atomic E-state index is 12.7. The molecule has 0 bridgehead atoms. The van der Waals surface area contributed by atoms with Crippen molar-refractivity contribution in [2.24, 2.45) is 4.99 Å². The van der Waals surface area contributed by atoms with E-state index in [4.69, 9.17) is 5.26 Å². The van der Waals surface area contributed by atoms with Crippen molar-refractivity contribution in [3.05, 3.63) is 59.8 Å². The van der Waals surface area contributed by atoms with Crippen LogP contribution in [0.4, 0.5) is 4.39 Å². The molecule has 1 aromatic carbocycles. The van der Waals surface area contributed by atoms with Crippen LogP contribution in [0.2, 0.25) is 0 Å². The van der Waals surface area contributed by atoms with Gasteiger partial charge in [-0.3, -0.25) is 4.79 Å². The molecule has 6 heteroatoms. The second-order valence-corrected chi connectivity index (χ2v) is 5.53. The van der Waals surface area contributed by atoms with Crippen molar-refractivity contribution in [2.45, 2.75) is 0 Å². The molecule has 0 aromatic heterocycles. The van der Waals surface area contributed by atoms with E-state index in [1.165, 1.54) is 53.9 Å². The predicted octanol–water partition coefficient (Wildman–Crippen LogP) is 4.01. The van der Waals surface area contributed by atoms with E-state index in [-0.39, 0.29) is 11.6 Å². The van der Waals surface area contributed by atoms with E-state index in [0.29, 0.717) is 15.7 Å². The van der Waals surface area contributed by atoms with Crippen molar-refractivity contribution in [1.29, 1.82) is 5.26 Å². The van der Waals surface area contributed by atoms with Gasteiger partial charge in [0.1, 0.15) is 10.2 Å². The molecule has 0 atom stereocenters. The number of nitriles is 1. The summed E-state index contributed by atoms with van der Waals surface area (Å²) in [4.78, 5) is 15.4. The van der Waals surface area contributed by atoms with Crippen LogP contribution < -0.4 is 0 Å². The molecule has 3 nitrogen and oxygen atoms in total. The quantitative estimate of drug-likeness (QED) is 0.206. The molecule has 0 heterocycles. The van der Waals surface area contributed by atoms with Crippen LogP contribution in [0.15, 0.2) is 53.4 Å². The molecule has 1 rings (SSSR count). The van der Waals surface area contributed by atoms with Crippen molar-refractivity contribution < 1.29 is 9.18 Å². The molecule has 102 valence electrons. The number of benzene rings is 1. The van der Waals surface area contributed by atoms with E-state index >= 15 is 0 Å². The van der Waals surface area contributed by atoms with Gasteiger partial charge in [0, 0.05) is 11.3 Å². The fraction of sp³-hybridized carbons (Fsp3) is 0.0714. The summed E-state index contributed by atoms with van der Waals surface area (Å²) in [6.45, 7) is 3.58. The highest BCUT2D eigenvalue weighted by Gasteiger charge is 2.02. The van der Waals surface area contributed by atoms with Crippen LogP contribution in [-0.2, 0) is 0 Å². The van der Waals surface area contributed by atoms with Gasteiger partial charge in [0.15, 0.2) is 5.78 Å². The zero-order chi connectivity index (χ0) is 14.8. The normalized spacial score (nSPS) is 11.3. The van der Waals surface area contributed by atoms with Crippen LogP contribution in [0.3, 0.4) is 0 Å². The van der Waals surface area contributed by atoms with Crippen LogP contribution in [-0.4, -0.2) is 15.9 Å². The molecular formula is C14H11FN2OS2. The minimum atomic E-state index is -0.385. The molecule has 0 spiro atoms. The van der Waals surface area contributed by atoms with Crippen molar-refractivity contribution in [3.8, 4) is 6.19 Å². The number of hydrogen-bond donors (Lipinski definition) is 0. The first-order valence-electron chi connectivity index (χ1n) is 5.51. The Kier molecular flexibility index (Phi) is 7.40. The van der Waals surface area contributed by atoms with Crippen LogP contribution in [0.1, 0.15) is 10.4 Å². The SMILES string of the molecule is C=CCSC(=NC#N)S/C=C/C(=O)c1ccc(F)cc1. The third-order valence-corrected chi connectivity index (χ3v) is 3.93. The topological polar surface area (TPSA) is 53.2 Å². The lowest BCUT2D eigenvalue weighted by Crippen LogP contribution is -1.93. The number of carbonyl (C=O) groups is 1. The Labute approximate surface area is 125 Å². The molecule has 0 aliphatic rings. The Balaban J connectivity index is 2.61. The first kappa shape index (κ1) is 16.2. The van der Waals surface area contributed by atoms with Crippen molar-refractivity contribution in [2.75, 3.05) is 5.75 Å². The second kappa shape index (κ2) is 9.13. The minimum absolute atomic E-state index is 0.234. The summed E-state index contributed by atoms with van der Waals surface area (Å²) in [7, 11) is 0. The Hall–Kier alpha value is -1.84. The molecule has 0 saturated carbocycles. The predicted molar refractivity (Wildman–Crippen MR) is 83.2 cm³/mol. The van der Waals surface area contributed by atoms with Crippen LogP contribution >= 0.6 is 23.5 Å². The first-order valence-corrected chi connectivity index (χ1v) is 7.37. The minimum Gasteiger partial charge on any atom is -0.289 e. The summed E-state index contributed by atoms with van der Waals surface area (Å²) in [5, 5.41) is 10.1. The summed E-state index contributed by atoms with van der Waals surface area (Å²) in [5.74, 6) is 0.0134. The maximum Gasteiger partial charge on any atom is 0.207 e. The Morgan fingerprint density at radius 2 is 2.15 bits per heavy atom. The summed E-state index contributed by atoms with van der Waals surface area (Å²) in [5.41, 5.74) is 0.403. The standard InChI is InChI=1S/C14H11FN2OS2/c1-2-8-19-14(17-10-16)20-9-7-13(18)11-3-5-12(15)6-4-11/h2-7,9H,1,8H2/b9-7+,17-14?. The third kappa shape index (κ3) is 5.87. The molecule has 0 saturated heterocycles. The Morgan fingerprint density at radius 3 is 2.75 bits per heavy atom. The van der Waals surface area contributed by atoms with Gasteiger partial charge in [0.2, 0.25) is 6.19 Å².